The van der Waals surface area contributed by atoms with Gasteiger partial charge in [-0.25, -0.2) is 4.90 Å². The van der Waals surface area contributed by atoms with E-state index in [1.54, 1.807) is 0 Å². The first-order valence-electron chi connectivity index (χ1n) is 6.51. The molecule has 1 spiro atoms. The van der Waals surface area contributed by atoms with Crippen LogP contribution in [0.1, 0.15) is 25.3 Å². The lowest BCUT2D eigenvalue weighted by molar-refractivity contribution is -0.122. The standard InChI is InChI=1S/C14H15N3O2/c1-2-10-3-5-11(6-4-10)17-12(18)9-14(13(17)19)7-8-15-16-14/h3-6H,2,7-9H2,1H3/t14-/m1/s1. The molecule has 5 nitrogen and oxygen atoms in total. The molecule has 5 heteroatoms. The van der Waals surface area contributed by atoms with E-state index in [4.69, 9.17) is 0 Å². The lowest BCUT2D eigenvalue weighted by Crippen LogP contribution is -2.38. The van der Waals surface area contributed by atoms with Crippen molar-refractivity contribution in [3.05, 3.63) is 29.8 Å². The van der Waals surface area contributed by atoms with Gasteiger partial charge in [-0.05, 0) is 24.1 Å². The summed E-state index contributed by atoms with van der Waals surface area (Å²) in [5.74, 6) is -0.418. The molecule has 1 aromatic carbocycles. The summed E-state index contributed by atoms with van der Waals surface area (Å²) >= 11 is 0. The minimum atomic E-state index is -0.916. The van der Waals surface area contributed by atoms with E-state index in [2.05, 4.69) is 17.2 Å². The van der Waals surface area contributed by atoms with E-state index >= 15 is 0 Å². The third-order valence-electron chi connectivity index (χ3n) is 3.78. The number of hydrogen-bond donors (Lipinski definition) is 0. The Hall–Kier alpha value is -2.04. The normalized spacial score (nSPS) is 25.8. The second-order valence-corrected chi connectivity index (χ2v) is 4.98. The molecular weight excluding hydrogens is 242 g/mol. The summed E-state index contributed by atoms with van der Waals surface area (Å²) in [4.78, 5) is 25.8. The van der Waals surface area contributed by atoms with Gasteiger partial charge in [0.2, 0.25) is 5.91 Å². The van der Waals surface area contributed by atoms with Crippen molar-refractivity contribution in [3.8, 4) is 0 Å². The highest BCUT2D eigenvalue weighted by molar-refractivity contribution is 6.24. The molecule has 98 valence electrons. The minimum Gasteiger partial charge on any atom is -0.274 e. The molecular formula is C14H15N3O2. The molecule has 0 aliphatic carbocycles. The highest BCUT2D eigenvalue weighted by atomic mass is 16.2. The van der Waals surface area contributed by atoms with Crippen molar-refractivity contribution >= 4 is 17.5 Å². The van der Waals surface area contributed by atoms with Crippen LogP contribution in [0.5, 0.6) is 0 Å². The molecule has 2 amide bonds. The summed E-state index contributed by atoms with van der Waals surface area (Å²) in [5.41, 5.74) is 0.893. The van der Waals surface area contributed by atoms with Crippen LogP contribution >= 0.6 is 0 Å². The van der Waals surface area contributed by atoms with Crippen LogP contribution < -0.4 is 4.90 Å². The Morgan fingerprint density at radius 2 is 2.00 bits per heavy atom. The van der Waals surface area contributed by atoms with Crippen LogP contribution in [-0.4, -0.2) is 23.9 Å². The molecule has 1 fully saturated rings. The van der Waals surface area contributed by atoms with Gasteiger partial charge in [0.25, 0.3) is 5.91 Å². The maximum absolute atomic E-state index is 12.4. The quantitative estimate of drug-likeness (QED) is 0.762. The van der Waals surface area contributed by atoms with Crippen molar-refractivity contribution in [2.75, 3.05) is 11.4 Å². The highest BCUT2D eigenvalue weighted by Crippen LogP contribution is 2.37. The van der Waals surface area contributed by atoms with E-state index in [-0.39, 0.29) is 18.2 Å². The molecule has 0 bridgehead atoms. The zero-order valence-corrected chi connectivity index (χ0v) is 10.8. The van der Waals surface area contributed by atoms with Crippen molar-refractivity contribution < 1.29 is 9.59 Å². The third-order valence-corrected chi connectivity index (χ3v) is 3.78. The Bertz CT molecular complexity index is 565. The first-order chi connectivity index (χ1) is 9.16. The van der Waals surface area contributed by atoms with E-state index in [1.165, 1.54) is 10.5 Å². The van der Waals surface area contributed by atoms with Crippen LogP contribution in [0.3, 0.4) is 0 Å². The summed E-state index contributed by atoms with van der Waals surface area (Å²) in [6.07, 6.45) is 1.62. The zero-order chi connectivity index (χ0) is 13.5. The zero-order valence-electron chi connectivity index (χ0n) is 10.8. The predicted molar refractivity (Wildman–Crippen MR) is 70.0 cm³/mol. The highest BCUT2D eigenvalue weighted by Gasteiger charge is 2.54. The fourth-order valence-electron chi connectivity index (χ4n) is 2.61. The average Bonchev–Trinajstić information content (AvgIpc) is 2.97. The number of carbonyl (C=O) groups is 2. The van der Waals surface area contributed by atoms with Gasteiger partial charge in [0.15, 0.2) is 5.54 Å². The Kier molecular flexibility index (Phi) is 2.69. The minimum absolute atomic E-state index is 0.144. The molecule has 1 aromatic rings. The number of hydrogen-bond acceptors (Lipinski definition) is 4. The molecule has 0 unspecified atom stereocenters. The Morgan fingerprint density at radius 3 is 2.58 bits per heavy atom. The topological polar surface area (TPSA) is 62.1 Å². The predicted octanol–water partition coefficient (Wildman–Crippen LogP) is 2.11. The molecule has 1 saturated heterocycles. The van der Waals surface area contributed by atoms with Crippen LogP contribution in [0.25, 0.3) is 0 Å². The average molecular weight is 257 g/mol. The largest absolute Gasteiger partial charge is 0.274 e. The first kappa shape index (κ1) is 12.0. The maximum atomic E-state index is 12.4. The SMILES string of the molecule is CCc1ccc(N2C(=O)C[C@]3(CCN=N3)C2=O)cc1. The molecule has 3 rings (SSSR count). The number of azo groups is 1. The van der Waals surface area contributed by atoms with Gasteiger partial charge in [0.1, 0.15) is 0 Å². The first-order valence-corrected chi connectivity index (χ1v) is 6.51. The second kappa shape index (κ2) is 4.26. The molecule has 2 aliphatic heterocycles. The van der Waals surface area contributed by atoms with E-state index in [0.29, 0.717) is 18.7 Å². The van der Waals surface area contributed by atoms with Crippen molar-refractivity contribution in [2.45, 2.75) is 31.7 Å². The Balaban J connectivity index is 1.94. The summed E-state index contributed by atoms with van der Waals surface area (Å²) in [7, 11) is 0. The van der Waals surface area contributed by atoms with Crippen LogP contribution in [0.15, 0.2) is 34.5 Å². The second-order valence-electron chi connectivity index (χ2n) is 4.98. The molecule has 0 N–H and O–H groups in total. The third kappa shape index (κ3) is 1.77. The number of anilines is 1. The fraction of sp³-hybridized carbons (Fsp3) is 0.429. The lowest BCUT2D eigenvalue weighted by Gasteiger charge is -2.17. The van der Waals surface area contributed by atoms with E-state index in [0.717, 1.165) is 6.42 Å². The molecule has 0 saturated carbocycles. The monoisotopic (exact) mass is 257 g/mol. The molecule has 0 radical (unpaired) electrons. The van der Waals surface area contributed by atoms with Gasteiger partial charge in [0.05, 0.1) is 18.7 Å². The van der Waals surface area contributed by atoms with E-state index in [9.17, 15) is 9.59 Å². The van der Waals surface area contributed by atoms with Crippen LogP contribution in [0.2, 0.25) is 0 Å². The van der Waals surface area contributed by atoms with Crippen molar-refractivity contribution in [3.63, 3.8) is 0 Å². The van der Waals surface area contributed by atoms with Gasteiger partial charge in [-0.3, -0.25) is 9.59 Å². The summed E-state index contributed by atoms with van der Waals surface area (Å²) < 4.78 is 0. The number of aryl methyl sites for hydroxylation is 1. The van der Waals surface area contributed by atoms with Gasteiger partial charge in [-0.15, -0.1) is 0 Å². The summed E-state index contributed by atoms with van der Waals surface area (Å²) in [6, 6.07) is 7.52. The number of nitrogens with zero attached hydrogens (tertiary/aromatic N) is 3. The van der Waals surface area contributed by atoms with Gasteiger partial charge in [-0.1, -0.05) is 19.1 Å². The van der Waals surface area contributed by atoms with Gasteiger partial charge < -0.3 is 0 Å². The van der Waals surface area contributed by atoms with Crippen molar-refractivity contribution in [1.82, 2.24) is 0 Å². The van der Waals surface area contributed by atoms with Crippen LogP contribution in [-0.2, 0) is 16.0 Å². The number of amides is 2. The smallest absolute Gasteiger partial charge is 0.264 e. The number of rotatable bonds is 2. The van der Waals surface area contributed by atoms with Crippen molar-refractivity contribution in [2.24, 2.45) is 10.2 Å². The molecule has 1 atom stereocenters. The van der Waals surface area contributed by atoms with Crippen molar-refractivity contribution in [1.29, 1.82) is 0 Å². The molecule has 2 heterocycles. The van der Waals surface area contributed by atoms with Gasteiger partial charge >= 0.3 is 0 Å². The maximum Gasteiger partial charge on any atom is 0.264 e. The van der Waals surface area contributed by atoms with Gasteiger partial charge in [-0.2, -0.15) is 10.2 Å². The van der Waals surface area contributed by atoms with Crippen LogP contribution in [0.4, 0.5) is 5.69 Å². The van der Waals surface area contributed by atoms with Crippen LogP contribution in [0, 0.1) is 0 Å². The van der Waals surface area contributed by atoms with E-state index in [1.807, 2.05) is 24.3 Å². The number of benzene rings is 1. The molecule has 19 heavy (non-hydrogen) atoms. The fourth-order valence-corrected chi connectivity index (χ4v) is 2.61. The lowest BCUT2D eigenvalue weighted by atomic mass is 9.96. The summed E-state index contributed by atoms with van der Waals surface area (Å²) in [6.45, 7) is 2.59. The summed E-state index contributed by atoms with van der Waals surface area (Å²) in [5, 5.41) is 7.90. The Morgan fingerprint density at radius 1 is 1.26 bits per heavy atom. The van der Waals surface area contributed by atoms with Gasteiger partial charge in [0, 0.05) is 6.42 Å². The Labute approximate surface area is 111 Å². The molecule has 0 aromatic heterocycles. The number of carbonyl (C=O) groups excluding carboxylic acids is 2. The number of imide groups is 1. The van der Waals surface area contributed by atoms with E-state index < -0.39 is 5.54 Å². The molecule has 2 aliphatic rings.